The van der Waals surface area contributed by atoms with E-state index >= 15 is 0 Å². The molecule has 10 heteroatoms. The topological polar surface area (TPSA) is 106 Å². The molecule has 150 valence electrons. The van der Waals surface area contributed by atoms with Gasteiger partial charge in [-0.25, -0.2) is 0 Å². The fourth-order valence-electron chi connectivity index (χ4n) is 2.59. The third-order valence-electron chi connectivity index (χ3n) is 4.17. The number of hydrogen-bond acceptors (Lipinski definition) is 7. The highest BCUT2D eigenvalue weighted by Gasteiger charge is 2.13. The predicted molar refractivity (Wildman–Crippen MR) is 113 cm³/mol. The highest BCUT2D eigenvalue weighted by atomic mass is 32.2. The summed E-state index contributed by atoms with van der Waals surface area (Å²) in [7, 11) is 5.81. The van der Waals surface area contributed by atoms with Gasteiger partial charge in [0.1, 0.15) is 0 Å². The lowest BCUT2D eigenvalue weighted by Gasteiger charge is -2.12. The van der Waals surface area contributed by atoms with Crippen molar-refractivity contribution >= 4 is 34.7 Å². The minimum Gasteiger partial charge on any atom is -0.378 e. The van der Waals surface area contributed by atoms with Crippen molar-refractivity contribution in [2.24, 2.45) is 7.05 Å². The number of benzene rings is 2. The van der Waals surface area contributed by atoms with Crippen molar-refractivity contribution in [1.82, 2.24) is 14.8 Å². The van der Waals surface area contributed by atoms with Gasteiger partial charge in [-0.3, -0.25) is 14.9 Å². The summed E-state index contributed by atoms with van der Waals surface area (Å²) in [5.74, 6) is 0.625. The van der Waals surface area contributed by atoms with Crippen molar-refractivity contribution in [3.05, 3.63) is 58.6 Å². The average molecular weight is 412 g/mol. The first-order valence-corrected chi connectivity index (χ1v) is 9.68. The Morgan fingerprint density at radius 2 is 1.79 bits per heavy atom. The van der Waals surface area contributed by atoms with E-state index in [0.717, 1.165) is 11.3 Å². The van der Waals surface area contributed by atoms with Gasteiger partial charge in [-0.05, 0) is 36.4 Å². The highest BCUT2D eigenvalue weighted by Crippen LogP contribution is 2.24. The summed E-state index contributed by atoms with van der Waals surface area (Å²) in [5.41, 5.74) is 2.50. The normalized spacial score (nSPS) is 10.6. The van der Waals surface area contributed by atoms with Crippen LogP contribution in [0.2, 0.25) is 0 Å². The minimum absolute atomic E-state index is 0.0254. The first-order valence-electron chi connectivity index (χ1n) is 8.69. The summed E-state index contributed by atoms with van der Waals surface area (Å²) >= 11 is 1.27. The minimum atomic E-state index is -0.485. The van der Waals surface area contributed by atoms with Crippen LogP contribution in [-0.2, 0) is 11.8 Å². The molecule has 0 radical (unpaired) electrons. The smallest absolute Gasteiger partial charge is 0.269 e. The number of amides is 1. The lowest BCUT2D eigenvalue weighted by Crippen LogP contribution is -2.14. The molecule has 0 aliphatic carbocycles. The number of rotatable bonds is 7. The third kappa shape index (κ3) is 4.91. The molecular formula is C19H20N6O3S. The monoisotopic (exact) mass is 412 g/mol. The number of non-ortho nitro benzene ring substituents is 1. The Balaban J connectivity index is 1.61. The second kappa shape index (κ2) is 8.74. The molecule has 0 spiro atoms. The average Bonchev–Trinajstić information content (AvgIpc) is 3.07. The van der Waals surface area contributed by atoms with Crippen LogP contribution in [0.3, 0.4) is 0 Å². The van der Waals surface area contributed by atoms with Crippen LogP contribution < -0.4 is 10.2 Å². The summed E-state index contributed by atoms with van der Waals surface area (Å²) in [5, 5.41) is 22.4. The molecule has 3 rings (SSSR count). The van der Waals surface area contributed by atoms with E-state index in [1.165, 1.54) is 36.0 Å². The van der Waals surface area contributed by atoms with Gasteiger partial charge in [0.15, 0.2) is 11.0 Å². The number of nitrogens with one attached hydrogen (secondary N) is 1. The van der Waals surface area contributed by atoms with Crippen LogP contribution in [0, 0.1) is 10.1 Å². The number of nitrogens with zero attached hydrogens (tertiary/aromatic N) is 5. The van der Waals surface area contributed by atoms with Gasteiger partial charge in [-0.2, -0.15) is 0 Å². The van der Waals surface area contributed by atoms with Crippen LogP contribution in [-0.4, -0.2) is 45.4 Å². The standard InChI is InChI=1S/C19H20N6O3S/c1-23(2)15-8-4-13(5-9-15)18-21-22-19(24(18)3)29-12-17(26)20-14-6-10-16(11-7-14)25(27)28/h4-11H,12H2,1-3H3,(H,20,26). The van der Waals surface area contributed by atoms with E-state index in [2.05, 4.69) is 15.5 Å². The van der Waals surface area contributed by atoms with E-state index in [1.807, 2.05) is 54.9 Å². The van der Waals surface area contributed by atoms with Gasteiger partial charge in [0.25, 0.3) is 5.69 Å². The number of aromatic nitrogens is 3. The van der Waals surface area contributed by atoms with Crippen molar-refractivity contribution in [1.29, 1.82) is 0 Å². The zero-order valence-corrected chi connectivity index (χ0v) is 17.0. The van der Waals surface area contributed by atoms with Gasteiger partial charge in [0, 0.05) is 50.2 Å². The zero-order chi connectivity index (χ0) is 21.0. The lowest BCUT2D eigenvalue weighted by molar-refractivity contribution is -0.384. The molecule has 0 saturated carbocycles. The van der Waals surface area contributed by atoms with Gasteiger partial charge in [-0.15, -0.1) is 10.2 Å². The number of nitro groups is 1. The Kier molecular flexibility index (Phi) is 6.13. The lowest BCUT2D eigenvalue weighted by atomic mass is 10.2. The van der Waals surface area contributed by atoms with Crippen LogP contribution in [0.15, 0.2) is 53.7 Å². The van der Waals surface area contributed by atoms with E-state index < -0.39 is 4.92 Å². The van der Waals surface area contributed by atoms with Crippen LogP contribution >= 0.6 is 11.8 Å². The van der Waals surface area contributed by atoms with Crippen LogP contribution in [0.1, 0.15) is 0 Å². The molecule has 2 aromatic carbocycles. The number of nitro benzene ring substituents is 1. The van der Waals surface area contributed by atoms with Crippen molar-refractivity contribution in [2.45, 2.75) is 5.16 Å². The molecule has 0 aliphatic rings. The maximum absolute atomic E-state index is 12.2. The maximum Gasteiger partial charge on any atom is 0.269 e. The van der Waals surface area contributed by atoms with Crippen LogP contribution in [0.25, 0.3) is 11.4 Å². The molecule has 0 unspecified atom stereocenters. The number of anilines is 2. The largest absolute Gasteiger partial charge is 0.378 e. The number of thioether (sulfide) groups is 1. The Morgan fingerprint density at radius 1 is 1.14 bits per heavy atom. The van der Waals surface area contributed by atoms with Crippen molar-refractivity contribution < 1.29 is 9.72 Å². The fourth-order valence-corrected chi connectivity index (χ4v) is 3.31. The van der Waals surface area contributed by atoms with Gasteiger partial charge >= 0.3 is 0 Å². The Bertz CT molecular complexity index is 1020. The number of hydrogen-bond donors (Lipinski definition) is 1. The van der Waals surface area contributed by atoms with Crippen LogP contribution in [0.4, 0.5) is 17.1 Å². The van der Waals surface area contributed by atoms with E-state index in [9.17, 15) is 14.9 Å². The fraction of sp³-hybridized carbons (Fsp3) is 0.211. The highest BCUT2D eigenvalue weighted by molar-refractivity contribution is 7.99. The summed E-state index contributed by atoms with van der Waals surface area (Å²) in [4.78, 5) is 24.4. The number of carbonyl (C=O) groups is 1. The molecule has 0 bridgehead atoms. The van der Waals surface area contributed by atoms with E-state index in [-0.39, 0.29) is 17.3 Å². The molecule has 0 atom stereocenters. The molecule has 0 saturated heterocycles. The van der Waals surface area contributed by atoms with Gasteiger partial charge in [-0.1, -0.05) is 11.8 Å². The molecule has 9 nitrogen and oxygen atoms in total. The maximum atomic E-state index is 12.2. The summed E-state index contributed by atoms with van der Waals surface area (Å²) in [6, 6.07) is 13.7. The Hall–Kier alpha value is -3.40. The summed E-state index contributed by atoms with van der Waals surface area (Å²) in [6.45, 7) is 0. The first-order chi connectivity index (χ1) is 13.8. The van der Waals surface area contributed by atoms with Crippen molar-refractivity contribution in [3.63, 3.8) is 0 Å². The molecule has 1 heterocycles. The SMILES string of the molecule is CN(C)c1ccc(-c2nnc(SCC(=O)Nc3ccc([N+](=O)[O-])cc3)n2C)cc1. The van der Waals surface area contributed by atoms with Gasteiger partial charge in [0.2, 0.25) is 5.91 Å². The second-order valence-electron chi connectivity index (χ2n) is 6.45. The first kappa shape index (κ1) is 20.3. The Labute approximate surface area is 171 Å². The molecule has 1 amide bonds. The van der Waals surface area contributed by atoms with Gasteiger partial charge in [0.05, 0.1) is 10.7 Å². The third-order valence-corrected chi connectivity index (χ3v) is 5.19. The zero-order valence-electron chi connectivity index (χ0n) is 16.2. The summed E-state index contributed by atoms with van der Waals surface area (Å²) < 4.78 is 1.84. The van der Waals surface area contributed by atoms with Crippen molar-refractivity contribution in [3.8, 4) is 11.4 Å². The molecule has 0 fully saturated rings. The summed E-state index contributed by atoms with van der Waals surface area (Å²) in [6.07, 6.45) is 0. The van der Waals surface area contributed by atoms with E-state index in [4.69, 9.17) is 0 Å². The van der Waals surface area contributed by atoms with E-state index in [0.29, 0.717) is 16.7 Å². The molecule has 0 aliphatic heterocycles. The number of carbonyl (C=O) groups excluding carboxylic acids is 1. The quantitative estimate of drug-likeness (QED) is 0.361. The molecule has 1 aromatic heterocycles. The van der Waals surface area contributed by atoms with Crippen molar-refractivity contribution in [2.75, 3.05) is 30.1 Å². The Morgan fingerprint density at radius 3 is 2.38 bits per heavy atom. The van der Waals surface area contributed by atoms with Gasteiger partial charge < -0.3 is 14.8 Å². The molecular weight excluding hydrogens is 392 g/mol. The molecule has 1 N–H and O–H groups in total. The predicted octanol–water partition coefficient (Wildman–Crippen LogP) is 3.19. The molecule has 29 heavy (non-hydrogen) atoms. The molecule has 3 aromatic rings. The second-order valence-corrected chi connectivity index (χ2v) is 7.39. The van der Waals surface area contributed by atoms with Crippen LogP contribution in [0.5, 0.6) is 0 Å². The van der Waals surface area contributed by atoms with E-state index in [1.54, 1.807) is 0 Å².